The molecule has 1 fully saturated rings. The Bertz CT molecular complexity index is 195. The molecule has 0 aromatic rings. The van der Waals surface area contributed by atoms with Gasteiger partial charge < -0.3 is 10.2 Å². The van der Waals surface area contributed by atoms with E-state index in [1.165, 1.54) is 0 Å². The van der Waals surface area contributed by atoms with E-state index in [1.54, 1.807) is 0 Å². The molecule has 82 valence electrons. The number of carbonyl (C=O) groups excluding carboxylic acids is 1. The Morgan fingerprint density at radius 3 is 2.36 bits per heavy atom. The maximum absolute atomic E-state index is 11.9. The second kappa shape index (κ2) is 4.78. The average Bonchev–Trinajstić information content (AvgIpc) is 2.14. The molecule has 1 amide bonds. The minimum absolute atomic E-state index is 0.174. The molecule has 0 aromatic carbocycles. The second-order valence-corrected chi connectivity index (χ2v) is 4.52. The molecule has 0 spiro atoms. The Kier molecular flexibility index (Phi) is 3.93. The summed E-state index contributed by atoms with van der Waals surface area (Å²) in [5, 5.41) is 3.43. The summed E-state index contributed by atoms with van der Waals surface area (Å²) in [4.78, 5) is 13.9. The lowest BCUT2D eigenvalue weighted by Crippen LogP contribution is -2.56. The normalized spacial score (nSPS) is 30.1. The van der Waals surface area contributed by atoms with Gasteiger partial charge in [-0.05, 0) is 20.3 Å². The Hall–Kier alpha value is -0.570. The first-order valence-corrected chi connectivity index (χ1v) is 5.59. The summed E-state index contributed by atoms with van der Waals surface area (Å²) in [5.41, 5.74) is 0. The van der Waals surface area contributed by atoms with Crippen LogP contribution in [0.25, 0.3) is 0 Å². The third-order valence-electron chi connectivity index (χ3n) is 2.90. The number of piperazine rings is 1. The first kappa shape index (κ1) is 11.5. The van der Waals surface area contributed by atoms with Crippen LogP contribution in [-0.4, -0.2) is 36.0 Å². The summed E-state index contributed by atoms with van der Waals surface area (Å²) in [6.07, 6.45) is 0.936. The molecule has 1 aliphatic heterocycles. The fourth-order valence-corrected chi connectivity index (χ4v) is 1.99. The van der Waals surface area contributed by atoms with Crippen LogP contribution in [-0.2, 0) is 4.79 Å². The standard InChI is InChI=1S/C11H22N2O/c1-5-8(2)11(14)13-6-9(3)12-10(4)7-13/h8-10,12H,5-7H2,1-4H3/t8?,9-,10+. The van der Waals surface area contributed by atoms with E-state index in [-0.39, 0.29) is 5.92 Å². The smallest absolute Gasteiger partial charge is 0.225 e. The van der Waals surface area contributed by atoms with Crippen LogP contribution >= 0.6 is 0 Å². The minimum atomic E-state index is 0.174. The molecule has 0 aromatic heterocycles. The Morgan fingerprint density at radius 2 is 1.93 bits per heavy atom. The summed E-state index contributed by atoms with van der Waals surface area (Å²) in [6.45, 7) is 10.1. The van der Waals surface area contributed by atoms with Crippen LogP contribution < -0.4 is 5.32 Å². The van der Waals surface area contributed by atoms with Gasteiger partial charge in [-0.3, -0.25) is 4.79 Å². The molecule has 0 radical (unpaired) electrons. The lowest BCUT2D eigenvalue weighted by atomic mass is 10.0. The number of nitrogens with zero attached hydrogens (tertiary/aromatic N) is 1. The quantitative estimate of drug-likeness (QED) is 0.724. The zero-order chi connectivity index (χ0) is 10.7. The summed E-state index contributed by atoms with van der Waals surface area (Å²) >= 11 is 0. The van der Waals surface area contributed by atoms with E-state index in [9.17, 15) is 4.79 Å². The highest BCUT2D eigenvalue weighted by Crippen LogP contribution is 2.11. The molecule has 14 heavy (non-hydrogen) atoms. The number of nitrogens with one attached hydrogen (secondary N) is 1. The number of amides is 1. The van der Waals surface area contributed by atoms with Crippen molar-refractivity contribution in [3.05, 3.63) is 0 Å². The molecule has 3 heteroatoms. The first-order valence-electron chi connectivity index (χ1n) is 5.59. The van der Waals surface area contributed by atoms with Crippen molar-refractivity contribution in [2.45, 2.75) is 46.2 Å². The van der Waals surface area contributed by atoms with Gasteiger partial charge >= 0.3 is 0 Å². The number of hydrogen-bond donors (Lipinski definition) is 1. The number of rotatable bonds is 2. The molecular formula is C11H22N2O. The largest absolute Gasteiger partial charge is 0.339 e. The van der Waals surface area contributed by atoms with Crippen molar-refractivity contribution in [3.8, 4) is 0 Å². The predicted octanol–water partition coefficient (Wildman–Crippen LogP) is 1.24. The third-order valence-corrected chi connectivity index (χ3v) is 2.90. The van der Waals surface area contributed by atoms with Crippen LogP contribution in [0, 0.1) is 5.92 Å². The highest BCUT2D eigenvalue weighted by molar-refractivity contribution is 5.78. The van der Waals surface area contributed by atoms with Gasteiger partial charge in [0.2, 0.25) is 5.91 Å². The van der Waals surface area contributed by atoms with Gasteiger partial charge in [0.05, 0.1) is 0 Å². The van der Waals surface area contributed by atoms with Gasteiger partial charge in [0.15, 0.2) is 0 Å². The van der Waals surface area contributed by atoms with Crippen LogP contribution in [0.1, 0.15) is 34.1 Å². The molecule has 1 rings (SSSR count). The van der Waals surface area contributed by atoms with Crippen molar-refractivity contribution >= 4 is 5.91 Å². The van der Waals surface area contributed by atoms with Crippen LogP contribution in [0.4, 0.5) is 0 Å². The lowest BCUT2D eigenvalue weighted by molar-refractivity contribution is -0.136. The van der Waals surface area contributed by atoms with Gasteiger partial charge in [-0.25, -0.2) is 0 Å². The minimum Gasteiger partial charge on any atom is -0.339 e. The zero-order valence-electron chi connectivity index (χ0n) is 9.71. The molecule has 0 bridgehead atoms. The van der Waals surface area contributed by atoms with E-state index in [4.69, 9.17) is 0 Å². The number of carbonyl (C=O) groups is 1. The Balaban J connectivity index is 2.54. The Labute approximate surface area is 86.9 Å². The first-order chi connectivity index (χ1) is 6.54. The van der Waals surface area contributed by atoms with E-state index < -0.39 is 0 Å². The van der Waals surface area contributed by atoms with E-state index >= 15 is 0 Å². The summed E-state index contributed by atoms with van der Waals surface area (Å²) in [6, 6.07) is 0.846. The summed E-state index contributed by atoms with van der Waals surface area (Å²) in [7, 11) is 0. The second-order valence-electron chi connectivity index (χ2n) is 4.52. The highest BCUT2D eigenvalue weighted by Gasteiger charge is 2.26. The van der Waals surface area contributed by atoms with Crippen molar-refractivity contribution in [1.82, 2.24) is 10.2 Å². The van der Waals surface area contributed by atoms with Crippen LogP contribution in [0.5, 0.6) is 0 Å². The van der Waals surface area contributed by atoms with Gasteiger partial charge in [-0.15, -0.1) is 0 Å². The van der Waals surface area contributed by atoms with Gasteiger partial charge in [0.25, 0.3) is 0 Å². The maximum Gasteiger partial charge on any atom is 0.225 e. The highest BCUT2D eigenvalue weighted by atomic mass is 16.2. The molecule has 0 saturated carbocycles. The molecule has 1 heterocycles. The molecule has 3 nitrogen and oxygen atoms in total. The predicted molar refractivity (Wildman–Crippen MR) is 58.1 cm³/mol. The summed E-state index contributed by atoms with van der Waals surface area (Å²) < 4.78 is 0. The van der Waals surface area contributed by atoms with Crippen molar-refractivity contribution in [1.29, 1.82) is 0 Å². The summed E-state index contributed by atoms with van der Waals surface area (Å²) in [5.74, 6) is 0.486. The van der Waals surface area contributed by atoms with Crippen LogP contribution in [0.2, 0.25) is 0 Å². The van der Waals surface area contributed by atoms with Gasteiger partial charge in [-0.2, -0.15) is 0 Å². The Morgan fingerprint density at radius 1 is 1.43 bits per heavy atom. The van der Waals surface area contributed by atoms with E-state index in [1.807, 2.05) is 11.8 Å². The van der Waals surface area contributed by atoms with E-state index in [0.29, 0.717) is 18.0 Å². The zero-order valence-corrected chi connectivity index (χ0v) is 9.71. The molecule has 1 N–H and O–H groups in total. The average molecular weight is 198 g/mol. The fourth-order valence-electron chi connectivity index (χ4n) is 1.99. The topological polar surface area (TPSA) is 32.3 Å². The molecule has 1 unspecified atom stereocenters. The SMILES string of the molecule is CCC(C)C(=O)N1C[C@@H](C)N[C@@H](C)C1. The van der Waals surface area contributed by atoms with Gasteiger partial charge in [0.1, 0.15) is 0 Å². The van der Waals surface area contributed by atoms with Crippen LogP contribution in [0.3, 0.4) is 0 Å². The van der Waals surface area contributed by atoms with E-state index in [2.05, 4.69) is 26.1 Å². The molecule has 0 aliphatic carbocycles. The van der Waals surface area contributed by atoms with Gasteiger partial charge in [0, 0.05) is 31.1 Å². The van der Waals surface area contributed by atoms with E-state index in [0.717, 1.165) is 19.5 Å². The molecule has 1 aliphatic rings. The van der Waals surface area contributed by atoms with Crippen LogP contribution in [0.15, 0.2) is 0 Å². The van der Waals surface area contributed by atoms with Crippen molar-refractivity contribution in [3.63, 3.8) is 0 Å². The fraction of sp³-hybridized carbons (Fsp3) is 0.909. The van der Waals surface area contributed by atoms with Crippen molar-refractivity contribution in [2.24, 2.45) is 5.92 Å². The van der Waals surface area contributed by atoms with Gasteiger partial charge in [-0.1, -0.05) is 13.8 Å². The third kappa shape index (κ3) is 2.71. The number of hydrogen-bond acceptors (Lipinski definition) is 2. The molecular weight excluding hydrogens is 176 g/mol. The van der Waals surface area contributed by atoms with Crippen molar-refractivity contribution in [2.75, 3.05) is 13.1 Å². The lowest BCUT2D eigenvalue weighted by Gasteiger charge is -2.37. The van der Waals surface area contributed by atoms with Crippen molar-refractivity contribution < 1.29 is 4.79 Å². The molecule has 1 saturated heterocycles. The maximum atomic E-state index is 11.9. The monoisotopic (exact) mass is 198 g/mol. The molecule has 3 atom stereocenters.